The van der Waals surface area contributed by atoms with E-state index in [1.165, 1.54) is 0 Å². The molecule has 0 saturated carbocycles. The van der Waals surface area contributed by atoms with E-state index in [4.69, 9.17) is 10.5 Å². The number of imidazole rings is 1. The van der Waals surface area contributed by atoms with Crippen molar-refractivity contribution in [3.8, 4) is 0 Å². The van der Waals surface area contributed by atoms with Crippen LogP contribution in [0.15, 0.2) is 4.73 Å². The fourth-order valence-corrected chi connectivity index (χ4v) is 3.67. The third-order valence-electron chi connectivity index (χ3n) is 4.47. The molecule has 0 spiro atoms. The number of amides is 3. The maximum Gasteiger partial charge on any atom is 0.410 e. The summed E-state index contributed by atoms with van der Waals surface area (Å²) < 4.78 is 7.83. The zero-order chi connectivity index (χ0) is 22.1. The number of ether oxygens (including phenoxy) is 1. The van der Waals surface area contributed by atoms with Gasteiger partial charge in [0.15, 0.2) is 10.4 Å². The highest BCUT2D eigenvalue weighted by Gasteiger charge is 2.34. The number of nitrogens with two attached hydrogens (primary N) is 1. The van der Waals surface area contributed by atoms with Crippen LogP contribution >= 0.6 is 15.9 Å². The molecule has 0 bridgehead atoms. The van der Waals surface area contributed by atoms with Gasteiger partial charge in [-0.3, -0.25) is 9.59 Å². The molecule has 10 heteroatoms. The van der Waals surface area contributed by atoms with E-state index in [2.05, 4.69) is 26.2 Å². The second-order valence-corrected chi connectivity index (χ2v) is 9.97. The van der Waals surface area contributed by atoms with Crippen LogP contribution in [-0.2, 0) is 22.6 Å². The number of nitrogens with zero attached hydrogens (tertiary/aromatic N) is 3. The van der Waals surface area contributed by atoms with Crippen LogP contribution < -0.4 is 11.1 Å². The van der Waals surface area contributed by atoms with Crippen molar-refractivity contribution in [3.05, 3.63) is 16.1 Å². The summed E-state index contributed by atoms with van der Waals surface area (Å²) in [7, 11) is 0. The molecule has 29 heavy (non-hydrogen) atoms. The highest BCUT2D eigenvalue weighted by molar-refractivity contribution is 9.10. The molecule has 2 rings (SSSR count). The Morgan fingerprint density at radius 1 is 1.17 bits per heavy atom. The Morgan fingerprint density at radius 3 is 2.31 bits per heavy atom. The predicted octanol–water partition coefficient (Wildman–Crippen LogP) is 2.42. The number of nitrogens with one attached hydrogen (secondary N) is 1. The summed E-state index contributed by atoms with van der Waals surface area (Å²) >= 11 is 3.39. The Balaban J connectivity index is 2.32. The largest absolute Gasteiger partial charge is 0.444 e. The summed E-state index contributed by atoms with van der Waals surface area (Å²) in [4.78, 5) is 43.3. The standard InChI is InChI=1S/C19H30BrN5O4/c1-18(2,3)13(14(21)26)23-15(27)12-11-10-24(17(28)29-19(4,5)6)8-7-9-25(11)16(20)22-12/h13H,7-10H2,1-6H3,(H2,21,26)(H,23,27)/t13-/m1/s1. The number of halogens is 1. The maximum absolute atomic E-state index is 13.0. The molecule has 162 valence electrons. The van der Waals surface area contributed by atoms with Gasteiger partial charge in [0.25, 0.3) is 5.91 Å². The number of carbonyl (C=O) groups is 3. The lowest BCUT2D eigenvalue weighted by Gasteiger charge is -2.28. The summed E-state index contributed by atoms with van der Waals surface area (Å²) in [6, 6.07) is -0.862. The lowest BCUT2D eigenvalue weighted by atomic mass is 9.86. The molecule has 3 N–H and O–H groups in total. The van der Waals surface area contributed by atoms with E-state index in [0.717, 1.165) is 0 Å². The van der Waals surface area contributed by atoms with E-state index < -0.39 is 35.0 Å². The molecule has 1 aliphatic heterocycles. The molecule has 2 heterocycles. The quantitative estimate of drug-likeness (QED) is 0.700. The second-order valence-electron chi connectivity index (χ2n) is 9.26. The van der Waals surface area contributed by atoms with Crippen LogP contribution in [0.25, 0.3) is 0 Å². The van der Waals surface area contributed by atoms with Crippen LogP contribution in [0.1, 0.15) is 64.1 Å². The number of rotatable bonds is 3. The molecule has 1 aromatic rings. The molecule has 1 aliphatic rings. The molecule has 0 unspecified atom stereocenters. The van der Waals surface area contributed by atoms with Crippen LogP contribution in [0.4, 0.5) is 4.79 Å². The number of carbonyl (C=O) groups excluding carboxylic acids is 3. The molecule has 0 saturated heterocycles. The minimum Gasteiger partial charge on any atom is -0.444 e. The Bertz CT molecular complexity index is 807. The number of hydrogen-bond donors (Lipinski definition) is 2. The number of fused-ring (bicyclic) bond motifs is 1. The third kappa shape index (κ3) is 5.71. The zero-order valence-corrected chi connectivity index (χ0v) is 19.4. The topological polar surface area (TPSA) is 120 Å². The van der Waals surface area contributed by atoms with Crippen LogP contribution in [-0.4, -0.2) is 50.5 Å². The van der Waals surface area contributed by atoms with Gasteiger partial charge in [-0.2, -0.15) is 0 Å². The minimum atomic E-state index is -0.862. The monoisotopic (exact) mass is 471 g/mol. The van der Waals surface area contributed by atoms with Crippen molar-refractivity contribution in [2.24, 2.45) is 11.1 Å². The van der Waals surface area contributed by atoms with Gasteiger partial charge in [0, 0.05) is 13.1 Å². The first kappa shape index (κ1) is 23.2. The van der Waals surface area contributed by atoms with Crippen molar-refractivity contribution < 1.29 is 19.1 Å². The lowest BCUT2D eigenvalue weighted by Crippen LogP contribution is -2.52. The Morgan fingerprint density at radius 2 is 1.79 bits per heavy atom. The van der Waals surface area contributed by atoms with Gasteiger partial charge >= 0.3 is 6.09 Å². The predicted molar refractivity (Wildman–Crippen MR) is 111 cm³/mol. The normalized spacial score (nSPS) is 15.9. The van der Waals surface area contributed by atoms with Crippen molar-refractivity contribution in [2.45, 2.75) is 72.7 Å². The van der Waals surface area contributed by atoms with Crippen LogP contribution in [0, 0.1) is 5.41 Å². The van der Waals surface area contributed by atoms with Crippen LogP contribution in [0.5, 0.6) is 0 Å². The van der Waals surface area contributed by atoms with E-state index in [9.17, 15) is 14.4 Å². The van der Waals surface area contributed by atoms with Gasteiger partial charge < -0.3 is 25.3 Å². The highest BCUT2D eigenvalue weighted by Crippen LogP contribution is 2.25. The SMILES string of the molecule is CC(C)(C)OC(=O)N1CCCn2c(Br)nc(C(=O)N[C@H](C(N)=O)C(C)(C)C)c2C1. The van der Waals surface area contributed by atoms with Crippen molar-refractivity contribution >= 4 is 33.8 Å². The van der Waals surface area contributed by atoms with Gasteiger partial charge in [-0.05, 0) is 48.5 Å². The Kier molecular flexibility index (Phi) is 6.66. The zero-order valence-electron chi connectivity index (χ0n) is 17.8. The molecule has 0 aromatic carbocycles. The van der Waals surface area contributed by atoms with E-state index in [0.29, 0.717) is 29.9 Å². The summed E-state index contributed by atoms with van der Waals surface area (Å²) in [5, 5.41) is 2.69. The molecule has 9 nitrogen and oxygen atoms in total. The Hall–Kier alpha value is -2.10. The first-order valence-corrected chi connectivity index (χ1v) is 10.3. The molecule has 1 atom stereocenters. The van der Waals surface area contributed by atoms with Crippen molar-refractivity contribution in [1.29, 1.82) is 0 Å². The van der Waals surface area contributed by atoms with E-state index in [1.807, 2.05) is 25.3 Å². The second kappa shape index (κ2) is 8.33. The van der Waals surface area contributed by atoms with E-state index >= 15 is 0 Å². The van der Waals surface area contributed by atoms with Crippen molar-refractivity contribution in [2.75, 3.05) is 6.54 Å². The summed E-state index contributed by atoms with van der Waals surface area (Å²) in [6.07, 6.45) is 0.244. The van der Waals surface area contributed by atoms with Gasteiger partial charge in [0.1, 0.15) is 11.6 Å². The van der Waals surface area contributed by atoms with Gasteiger partial charge in [-0.25, -0.2) is 9.78 Å². The first-order valence-electron chi connectivity index (χ1n) is 9.53. The van der Waals surface area contributed by atoms with Crippen molar-refractivity contribution in [3.63, 3.8) is 0 Å². The molecule has 0 fully saturated rings. The lowest BCUT2D eigenvalue weighted by molar-refractivity contribution is -0.122. The van der Waals surface area contributed by atoms with Gasteiger partial charge in [-0.15, -0.1) is 0 Å². The van der Waals surface area contributed by atoms with Crippen molar-refractivity contribution in [1.82, 2.24) is 19.8 Å². The number of aromatic nitrogens is 2. The average Bonchev–Trinajstić information content (AvgIpc) is 2.73. The molecular formula is C19H30BrN5O4. The molecule has 3 amide bonds. The highest BCUT2D eigenvalue weighted by atomic mass is 79.9. The number of primary amides is 1. The maximum atomic E-state index is 13.0. The third-order valence-corrected chi connectivity index (χ3v) is 5.07. The van der Waals surface area contributed by atoms with E-state index in [-0.39, 0.29) is 12.2 Å². The summed E-state index contributed by atoms with van der Waals surface area (Å²) in [5.41, 5.74) is 5.04. The average molecular weight is 472 g/mol. The van der Waals surface area contributed by atoms with E-state index in [1.54, 1.807) is 25.7 Å². The van der Waals surface area contributed by atoms with Crippen LogP contribution in [0.3, 0.4) is 0 Å². The molecule has 0 radical (unpaired) electrons. The number of hydrogen-bond acceptors (Lipinski definition) is 5. The minimum absolute atomic E-state index is 0.155. The molecular weight excluding hydrogens is 442 g/mol. The smallest absolute Gasteiger partial charge is 0.410 e. The fourth-order valence-electron chi connectivity index (χ4n) is 3.10. The van der Waals surface area contributed by atoms with Gasteiger partial charge in [0.05, 0.1) is 12.2 Å². The van der Waals surface area contributed by atoms with Gasteiger partial charge in [-0.1, -0.05) is 20.8 Å². The van der Waals surface area contributed by atoms with Crippen LogP contribution in [0.2, 0.25) is 0 Å². The first-order chi connectivity index (χ1) is 13.2. The summed E-state index contributed by atoms with van der Waals surface area (Å²) in [6.45, 7) is 12.1. The molecule has 0 aliphatic carbocycles. The molecule has 1 aromatic heterocycles. The Labute approximate surface area is 179 Å². The fraction of sp³-hybridized carbons (Fsp3) is 0.684. The summed E-state index contributed by atoms with van der Waals surface area (Å²) in [5.74, 6) is -1.13. The van der Waals surface area contributed by atoms with Gasteiger partial charge in [0.2, 0.25) is 5.91 Å².